The Hall–Kier alpha value is -2.10. The summed E-state index contributed by atoms with van der Waals surface area (Å²) in [7, 11) is 0. The second kappa shape index (κ2) is 5.26. The Morgan fingerprint density at radius 2 is 2.00 bits per heavy atom. The standard InChI is InChI=1S/C15H18N2O2/c1-9-4-5-12(8-10(9)2)15-11(3)16-17-13(15)6-7-14(18)19/h4-5,8H,6-7H2,1-3H3,(H,16,17)(H,18,19). The van der Waals surface area contributed by atoms with Crippen LogP contribution in [0.3, 0.4) is 0 Å². The van der Waals surface area contributed by atoms with E-state index in [2.05, 4.69) is 42.2 Å². The van der Waals surface area contributed by atoms with Gasteiger partial charge in [0.15, 0.2) is 0 Å². The monoisotopic (exact) mass is 258 g/mol. The molecule has 1 heterocycles. The quantitative estimate of drug-likeness (QED) is 0.885. The van der Waals surface area contributed by atoms with Gasteiger partial charge in [0.1, 0.15) is 0 Å². The van der Waals surface area contributed by atoms with Crippen LogP contribution in [0.2, 0.25) is 0 Å². The van der Waals surface area contributed by atoms with Gasteiger partial charge in [0.05, 0.1) is 12.1 Å². The minimum absolute atomic E-state index is 0.0993. The second-order valence-corrected chi connectivity index (χ2v) is 4.86. The van der Waals surface area contributed by atoms with E-state index in [-0.39, 0.29) is 6.42 Å². The molecule has 2 N–H and O–H groups in total. The third-order valence-corrected chi connectivity index (χ3v) is 3.39. The zero-order valence-corrected chi connectivity index (χ0v) is 11.4. The second-order valence-electron chi connectivity index (χ2n) is 4.86. The molecule has 19 heavy (non-hydrogen) atoms. The highest BCUT2D eigenvalue weighted by atomic mass is 16.4. The molecule has 0 aliphatic rings. The van der Waals surface area contributed by atoms with Crippen LogP contribution < -0.4 is 0 Å². The van der Waals surface area contributed by atoms with Crippen molar-refractivity contribution in [1.82, 2.24) is 10.2 Å². The number of carboxylic acids is 1. The van der Waals surface area contributed by atoms with Gasteiger partial charge in [0.25, 0.3) is 0 Å². The number of nitrogens with zero attached hydrogens (tertiary/aromatic N) is 1. The maximum atomic E-state index is 10.7. The highest BCUT2D eigenvalue weighted by Crippen LogP contribution is 2.28. The van der Waals surface area contributed by atoms with Gasteiger partial charge in [0, 0.05) is 17.7 Å². The van der Waals surface area contributed by atoms with Crippen LogP contribution in [0.15, 0.2) is 18.2 Å². The first-order chi connectivity index (χ1) is 8.99. The van der Waals surface area contributed by atoms with Crippen molar-refractivity contribution in [3.63, 3.8) is 0 Å². The average Bonchev–Trinajstić information content (AvgIpc) is 2.71. The van der Waals surface area contributed by atoms with E-state index in [4.69, 9.17) is 5.11 Å². The number of carboxylic acid groups (broad SMARTS) is 1. The Kier molecular flexibility index (Phi) is 3.69. The predicted octanol–water partition coefficient (Wildman–Crippen LogP) is 3.02. The van der Waals surface area contributed by atoms with Gasteiger partial charge in [-0.15, -0.1) is 0 Å². The van der Waals surface area contributed by atoms with Crippen LogP contribution in [0.4, 0.5) is 0 Å². The Bertz CT molecular complexity index is 615. The summed E-state index contributed by atoms with van der Waals surface area (Å²) >= 11 is 0. The van der Waals surface area contributed by atoms with Gasteiger partial charge in [-0.05, 0) is 37.5 Å². The molecule has 0 spiro atoms. The summed E-state index contributed by atoms with van der Waals surface area (Å²) in [5.74, 6) is -0.799. The molecule has 0 saturated carbocycles. The van der Waals surface area contributed by atoms with E-state index in [1.54, 1.807) is 0 Å². The number of nitrogens with one attached hydrogen (secondary N) is 1. The summed E-state index contributed by atoms with van der Waals surface area (Å²) < 4.78 is 0. The molecule has 0 fully saturated rings. The Labute approximate surface area is 112 Å². The van der Waals surface area contributed by atoms with Crippen LogP contribution in [-0.4, -0.2) is 21.3 Å². The van der Waals surface area contributed by atoms with Crippen molar-refractivity contribution in [2.45, 2.75) is 33.6 Å². The minimum Gasteiger partial charge on any atom is -0.481 e. The lowest BCUT2D eigenvalue weighted by Crippen LogP contribution is -1.99. The summed E-state index contributed by atoms with van der Waals surface area (Å²) in [5, 5.41) is 16.0. The van der Waals surface area contributed by atoms with E-state index in [0.717, 1.165) is 22.5 Å². The van der Waals surface area contributed by atoms with Crippen molar-refractivity contribution in [2.24, 2.45) is 0 Å². The van der Waals surface area contributed by atoms with E-state index in [0.29, 0.717) is 6.42 Å². The molecule has 100 valence electrons. The van der Waals surface area contributed by atoms with Crippen molar-refractivity contribution in [3.05, 3.63) is 40.7 Å². The molecule has 4 nitrogen and oxygen atoms in total. The number of benzene rings is 1. The Morgan fingerprint density at radius 3 is 2.63 bits per heavy atom. The molecule has 0 aliphatic carbocycles. The number of aromatic nitrogens is 2. The molecule has 1 aromatic heterocycles. The van der Waals surface area contributed by atoms with E-state index in [1.807, 2.05) is 6.92 Å². The summed E-state index contributed by atoms with van der Waals surface area (Å²) in [6.45, 7) is 6.11. The molecule has 0 amide bonds. The molecule has 0 saturated heterocycles. The van der Waals surface area contributed by atoms with Crippen molar-refractivity contribution < 1.29 is 9.90 Å². The summed E-state index contributed by atoms with van der Waals surface area (Å²) in [6, 6.07) is 6.26. The topological polar surface area (TPSA) is 66.0 Å². The van der Waals surface area contributed by atoms with Crippen LogP contribution >= 0.6 is 0 Å². The fourth-order valence-corrected chi connectivity index (χ4v) is 2.17. The molecule has 0 aliphatic heterocycles. The van der Waals surface area contributed by atoms with E-state index in [1.165, 1.54) is 11.1 Å². The minimum atomic E-state index is -0.799. The van der Waals surface area contributed by atoms with Gasteiger partial charge < -0.3 is 5.11 Å². The zero-order chi connectivity index (χ0) is 14.0. The number of hydrogen-bond donors (Lipinski definition) is 2. The largest absolute Gasteiger partial charge is 0.481 e. The third kappa shape index (κ3) is 2.84. The van der Waals surface area contributed by atoms with Crippen LogP contribution in [0.5, 0.6) is 0 Å². The molecule has 2 rings (SSSR count). The highest BCUT2D eigenvalue weighted by molar-refractivity contribution is 5.71. The molecule has 0 atom stereocenters. The maximum absolute atomic E-state index is 10.7. The predicted molar refractivity (Wildman–Crippen MR) is 74.2 cm³/mol. The SMILES string of the molecule is Cc1ccc(-c2c(CCC(=O)O)n[nH]c2C)cc1C. The number of carbonyl (C=O) groups is 1. The number of aromatic amines is 1. The lowest BCUT2D eigenvalue weighted by molar-refractivity contribution is -0.136. The number of H-pyrrole nitrogens is 1. The van der Waals surface area contributed by atoms with Gasteiger partial charge in [-0.2, -0.15) is 5.10 Å². The number of aryl methyl sites for hydroxylation is 4. The van der Waals surface area contributed by atoms with Crippen molar-refractivity contribution in [1.29, 1.82) is 0 Å². The van der Waals surface area contributed by atoms with E-state index < -0.39 is 5.97 Å². The fourth-order valence-electron chi connectivity index (χ4n) is 2.17. The molecule has 0 bridgehead atoms. The lowest BCUT2D eigenvalue weighted by atomic mass is 9.97. The van der Waals surface area contributed by atoms with Crippen molar-refractivity contribution in [3.8, 4) is 11.1 Å². The number of hydrogen-bond acceptors (Lipinski definition) is 2. The summed E-state index contributed by atoms with van der Waals surface area (Å²) in [6.07, 6.45) is 0.546. The van der Waals surface area contributed by atoms with Gasteiger partial charge in [-0.25, -0.2) is 0 Å². The first-order valence-electron chi connectivity index (χ1n) is 6.32. The molecular formula is C15H18N2O2. The van der Waals surface area contributed by atoms with Crippen LogP contribution in [0.25, 0.3) is 11.1 Å². The fraction of sp³-hybridized carbons (Fsp3) is 0.333. The van der Waals surface area contributed by atoms with E-state index in [9.17, 15) is 4.79 Å². The van der Waals surface area contributed by atoms with Crippen LogP contribution in [0, 0.1) is 20.8 Å². The first-order valence-corrected chi connectivity index (χ1v) is 6.32. The number of aliphatic carboxylic acids is 1. The zero-order valence-electron chi connectivity index (χ0n) is 11.4. The lowest BCUT2D eigenvalue weighted by Gasteiger charge is -2.07. The van der Waals surface area contributed by atoms with Crippen LogP contribution in [-0.2, 0) is 11.2 Å². The van der Waals surface area contributed by atoms with Crippen molar-refractivity contribution in [2.75, 3.05) is 0 Å². The van der Waals surface area contributed by atoms with Crippen molar-refractivity contribution >= 4 is 5.97 Å². The first kappa shape index (κ1) is 13.3. The molecule has 0 unspecified atom stereocenters. The van der Waals surface area contributed by atoms with Gasteiger partial charge >= 0.3 is 5.97 Å². The number of rotatable bonds is 4. The molecule has 2 aromatic rings. The van der Waals surface area contributed by atoms with E-state index >= 15 is 0 Å². The third-order valence-electron chi connectivity index (χ3n) is 3.39. The van der Waals surface area contributed by atoms with Gasteiger partial charge in [0.2, 0.25) is 0 Å². The Balaban J connectivity index is 2.40. The highest BCUT2D eigenvalue weighted by Gasteiger charge is 2.14. The molecular weight excluding hydrogens is 240 g/mol. The summed E-state index contributed by atoms with van der Waals surface area (Å²) in [4.78, 5) is 10.7. The Morgan fingerprint density at radius 1 is 1.26 bits per heavy atom. The van der Waals surface area contributed by atoms with Gasteiger partial charge in [-0.1, -0.05) is 18.2 Å². The average molecular weight is 258 g/mol. The maximum Gasteiger partial charge on any atom is 0.303 e. The molecule has 1 aromatic carbocycles. The van der Waals surface area contributed by atoms with Crippen LogP contribution in [0.1, 0.15) is 28.9 Å². The molecule has 4 heteroatoms. The van der Waals surface area contributed by atoms with Gasteiger partial charge in [-0.3, -0.25) is 9.89 Å². The molecule has 0 radical (unpaired) electrons. The smallest absolute Gasteiger partial charge is 0.303 e. The normalized spacial score (nSPS) is 10.7. The summed E-state index contributed by atoms with van der Waals surface area (Å²) in [5.41, 5.74) is 6.39.